The van der Waals surface area contributed by atoms with E-state index in [0.717, 1.165) is 51.9 Å². The number of rotatable bonds is 4. The lowest BCUT2D eigenvalue weighted by Gasteiger charge is -2.27. The molecule has 4 heterocycles. The first kappa shape index (κ1) is 19.3. The van der Waals surface area contributed by atoms with Crippen LogP contribution in [0.1, 0.15) is 19.3 Å². The second-order valence-electron chi connectivity index (χ2n) is 7.50. The third-order valence-electron chi connectivity index (χ3n) is 5.56. The molecule has 1 atom stereocenters. The molecule has 0 aromatic carbocycles. The zero-order chi connectivity index (χ0) is 20.8. The van der Waals surface area contributed by atoms with Gasteiger partial charge in [-0.15, -0.1) is 0 Å². The van der Waals surface area contributed by atoms with E-state index in [1.807, 2.05) is 18.2 Å². The molecule has 30 heavy (non-hydrogen) atoms. The third kappa shape index (κ3) is 3.21. The highest BCUT2D eigenvalue weighted by molar-refractivity contribution is 7.94. The van der Waals surface area contributed by atoms with Crippen molar-refractivity contribution in [3.63, 3.8) is 0 Å². The first-order chi connectivity index (χ1) is 14.5. The van der Waals surface area contributed by atoms with Crippen molar-refractivity contribution in [2.75, 3.05) is 5.73 Å². The van der Waals surface area contributed by atoms with Crippen molar-refractivity contribution in [3.05, 3.63) is 59.3 Å². The second kappa shape index (κ2) is 7.54. The van der Waals surface area contributed by atoms with Gasteiger partial charge < -0.3 is 14.9 Å². The number of fused-ring (bicyclic) bond motifs is 1. The normalized spacial score (nSPS) is 15.3. The molecule has 1 fully saturated rings. The van der Waals surface area contributed by atoms with E-state index in [2.05, 4.69) is 4.98 Å². The Balaban J connectivity index is 1.75. The molecule has 0 saturated heterocycles. The van der Waals surface area contributed by atoms with Crippen molar-refractivity contribution in [2.45, 2.75) is 28.7 Å². The Hall–Kier alpha value is -2.68. The number of nitrogen functional groups attached to an aromatic ring is 1. The molecule has 0 aliphatic heterocycles. The third-order valence-corrected chi connectivity index (χ3v) is 8.86. The van der Waals surface area contributed by atoms with Crippen LogP contribution in [0.3, 0.4) is 0 Å². The van der Waals surface area contributed by atoms with Gasteiger partial charge in [0.25, 0.3) is 0 Å². The summed E-state index contributed by atoms with van der Waals surface area (Å²) >= 11 is 0.294. The SMILES string of the molecule is Cn1cc(-c2cc(-c3cccnc3)c3c(N)c([S+]([O-])C4CCC4)sc3n2)ccc1=O. The molecule has 1 aliphatic rings. The quantitative estimate of drug-likeness (QED) is 0.488. The molecule has 1 aliphatic carbocycles. The molecule has 0 spiro atoms. The molecule has 2 N–H and O–H groups in total. The highest BCUT2D eigenvalue weighted by Gasteiger charge is 2.35. The molecule has 4 aromatic rings. The summed E-state index contributed by atoms with van der Waals surface area (Å²) in [4.78, 5) is 21.7. The summed E-state index contributed by atoms with van der Waals surface area (Å²) in [5, 5.41) is 1.01. The molecule has 0 amide bonds. The Labute approximate surface area is 180 Å². The molecule has 5 rings (SSSR count). The molecule has 4 aromatic heterocycles. The predicted molar refractivity (Wildman–Crippen MR) is 122 cm³/mol. The molecule has 0 radical (unpaired) electrons. The zero-order valence-electron chi connectivity index (χ0n) is 16.4. The molecule has 152 valence electrons. The number of hydrogen-bond acceptors (Lipinski definition) is 6. The highest BCUT2D eigenvalue weighted by Crippen LogP contribution is 2.45. The maximum atomic E-state index is 13.1. The van der Waals surface area contributed by atoms with E-state index in [4.69, 9.17) is 10.7 Å². The smallest absolute Gasteiger partial charge is 0.250 e. The lowest BCUT2D eigenvalue weighted by atomic mass is 10.00. The van der Waals surface area contributed by atoms with E-state index in [1.54, 1.807) is 31.7 Å². The van der Waals surface area contributed by atoms with Crippen molar-refractivity contribution in [3.8, 4) is 22.4 Å². The predicted octanol–water partition coefficient (Wildman–Crippen LogP) is 3.97. The van der Waals surface area contributed by atoms with Crippen LogP contribution < -0.4 is 11.3 Å². The summed E-state index contributed by atoms with van der Waals surface area (Å²) in [6.45, 7) is 0. The first-order valence-electron chi connectivity index (χ1n) is 9.74. The van der Waals surface area contributed by atoms with Gasteiger partial charge in [0.2, 0.25) is 9.77 Å². The van der Waals surface area contributed by atoms with Gasteiger partial charge in [0.15, 0.2) is 0 Å². The van der Waals surface area contributed by atoms with Gasteiger partial charge in [-0.2, -0.15) is 0 Å². The van der Waals surface area contributed by atoms with Crippen molar-refractivity contribution >= 4 is 38.4 Å². The standard InChI is InChI=1S/C22H20N4O2S2/c1-26-12-14(7-8-18(26)27)17-10-16(13-4-3-9-24-11-13)19-20(23)22(29-21(19)25-17)30(28)15-5-2-6-15/h3-4,7-12,15H,2,5-6,23H2,1H3. The topological polar surface area (TPSA) is 96.9 Å². The molecule has 1 unspecified atom stereocenters. The number of nitrogens with zero attached hydrogens (tertiary/aromatic N) is 3. The second-order valence-corrected chi connectivity index (χ2v) is 10.4. The van der Waals surface area contributed by atoms with Gasteiger partial charge in [0, 0.05) is 59.4 Å². The number of aromatic nitrogens is 3. The fraction of sp³-hybridized carbons (Fsp3) is 0.227. The summed E-state index contributed by atoms with van der Waals surface area (Å²) in [6.07, 6.45) is 8.37. The lowest BCUT2D eigenvalue weighted by Crippen LogP contribution is -2.28. The van der Waals surface area contributed by atoms with Gasteiger partial charge >= 0.3 is 0 Å². The van der Waals surface area contributed by atoms with Crippen LogP contribution in [0, 0.1) is 0 Å². The summed E-state index contributed by atoms with van der Waals surface area (Å²) in [6, 6.07) is 9.13. The first-order valence-corrected chi connectivity index (χ1v) is 11.8. The maximum absolute atomic E-state index is 13.1. The Morgan fingerprint density at radius 3 is 2.77 bits per heavy atom. The lowest BCUT2D eigenvalue weighted by molar-refractivity contribution is 0.478. The van der Waals surface area contributed by atoms with E-state index >= 15 is 0 Å². The maximum Gasteiger partial charge on any atom is 0.250 e. The van der Waals surface area contributed by atoms with Crippen LogP contribution in [-0.2, 0) is 18.2 Å². The van der Waals surface area contributed by atoms with Crippen LogP contribution in [0.25, 0.3) is 32.6 Å². The van der Waals surface area contributed by atoms with E-state index in [0.29, 0.717) is 9.90 Å². The zero-order valence-corrected chi connectivity index (χ0v) is 18.0. The van der Waals surface area contributed by atoms with E-state index < -0.39 is 11.2 Å². The largest absolute Gasteiger partial charge is 0.611 e. The average Bonchev–Trinajstić information content (AvgIpc) is 3.05. The molecule has 6 nitrogen and oxygen atoms in total. The van der Waals surface area contributed by atoms with Crippen LogP contribution in [-0.4, -0.2) is 24.3 Å². The van der Waals surface area contributed by atoms with E-state index in [-0.39, 0.29) is 10.8 Å². The Kier molecular flexibility index (Phi) is 4.85. The Morgan fingerprint density at radius 2 is 2.10 bits per heavy atom. The minimum Gasteiger partial charge on any atom is -0.611 e. The molecular formula is C22H20N4O2S2. The van der Waals surface area contributed by atoms with Gasteiger partial charge in [-0.3, -0.25) is 9.78 Å². The van der Waals surface area contributed by atoms with Crippen LogP contribution >= 0.6 is 11.3 Å². The summed E-state index contributed by atoms with van der Waals surface area (Å²) in [5.74, 6) is 0. The summed E-state index contributed by atoms with van der Waals surface area (Å²) in [7, 11) is 1.72. The number of nitrogens with two attached hydrogens (primary N) is 1. The molecule has 0 bridgehead atoms. The van der Waals surface area contributed by atoms with Crippen molar-refractivity contribution in [1.82, 2.24) is 14.5 Å². The van der Waals surface area contributed by atoms with Gasteiger partial charge in [-0.25, -0.2) is 4.98 Å². The molecular weight excluding hydrogens is 416 g/mol. The van der Waals surface area contributed by atoms with Gasteiger partial charge in [-0.1, -0.05) is 17.4 Å². The Morgan fingerprint density at radius 1 is 1.27 bits per heavy atom. The molecule has 8 heteroatoms. The van der Waals surface area contributed by atoms with Gasteiger partial charge in [0.1, 0.15) is 15.8 Å². The van der Waals surface area contributed by atoms with E-state index in [1.165, 1.54) is 22.0 Å². The minimum absolute atomic E-state index is 0.0779. The van der Waals surface area contributed by atoms with Crippen LogP contribution in [0.15, 0.2) is 57.9 Å². The highest BCUT2D eigenvalue weighted by atomic mass is 32.2. The number of hydrogen-bond donors (Lipinski definition) is 1. The fourth-order valence-corrected chi connectivity index (χ4v) is 6.84. The summed E-state index contributed by atoms with van der Waals surface area (Å²) < 4.78 is 15.3. The number of anilines is 1. The van der Waals surface area contributed by atoms with Crippen LogP contribution in [0.5, 0.6) is 0 Å². The number of pyridine rings is 3. The van der Waals surface area contributed by atoms with E-state index in [9.17, 15) is 9.35 Å². The van der Waals surface area contributed by atoms with Gasteiger partial charge in [0.05, 0.1) is 5.69 Å². The average molecular weight is 437 g/mol. The monoisotopic (exact) mass is 436 g/mol. The van der Waals surface area contributed by atoms with Crippen molar-refractivity contribution < 1.29 is 4.55 Å². The van der Waals surface area contributed by atoms with Crippen molar-refractivity contribution in [1.29, 1.82) is 0 Å². The number of aryl methyl sites for hydroxylation is 1. The minimum atomic E-state index is -1.12. The number of thiophene rings is 1. The van der Waals surface area contributed by atoms with Crippen LogP contribution in [0.4, 0.5) is 5.69 Å². The van der Waals surface area contributed by atoms with Crippen molar-refractivity contribution in [2.24, 2.45) is 7.05 Å². The summed E-state index contributed by atoms with van der Waals surface area (Å²) in [5.41, 5.74) is 10.4. The Bertz CT molecular complexity index is 1300. The fourth-order valence-electron chi connectivity index (χ4n) is 3.63. The van der Waals surface area contributed by atoms with Gasteiger partial charge in [-0.05, 0) is 43.0 Å². The molecule has 1 saturated carbocycles. The van der Waals surface area contributed by atoms with Crippen LogP contribution in [0.2, 0.25) is 0 Å².